The van der Waals surface area contributed by atoms with E-state index in [0.29, 0.717) is 18.1 Å². The highest BCUT2D eigenvalue weighted by atomic mass is 19.1. The Hall–Kier alpha value is -3.87. The number of halogens is 1. The summed E-state index contributed by atoms with van der Waals surface area (Å²) in [6.45, 7) is 2.61. The van der Waals surface area contributed by atoms with Gasteiger partial charge in [-0.15, -0.1) is 0 Å². The summed E-state index contributed by atoms with van der Waals surface area (Å²) in [5.41, 5.74) is 1.88. The van der Waals surface area contributed by atoms with Crippen LogP contribution in [0.2, 0.25) is 0 Å². The molecule has 0 saturated heterocycles. The molecule has 2 aromatic heterocycles. The summed E-state index contributed by atoms with van der Waals surface area (Å²) in [6.07, 6.45) is 1.71. The van der Waals surface area contributed by atoms with Crippen molar-refractivity contribution in [3.8, 4) is 5.75 Å². The van der Waals surface area contributed by atoms with Gasteiger partial charge in [0.05, 0.1) is 6.54 Å². The third-order valence-corrected chi connectivity index (χ3v) is 4.37. The molecule has 0 saturated carbocycles. The fourth-order valence-electron chi connectivity index (χ4n) is 2.95. The van der Waals surface area contributed by atoms with Crippen molar-refractivity contribution >= 4 is 11.7 Å². The van der Waals surface area contributed by atoms with Crippen LogP contribution in [0.5, 0.6) is 5.75 Å². The normalized spacial score (nSPS) is 10.7. The molecule has 152 valence electrons. The Kier molecular flexibility index (Phi) is 5.61. The molecule has 0 aliphatic carbocycles. The van der Waals surface area contributed by atoms with E-state index in [1.165, 1.54) is 12.1 Å². The number of aryl methyl sites for hydroxylation is 1. The molecule has 30 heavy (non-hydrogen) atoms. The molecule has 1 amide bonds. The van der Waals surface area contributed by atoms with Gasteiger partial charge in [0.2, 0.25) is 0 Å². The van der Waals surface area contributed by atoms with E-state index in [4.69, 9.17) is 9.15 Å². The molecule has 0 unspecified atom stereocenters. The Bertz CT molecular complexity index is 1170. The van der Waals surface area contributed by atoms with Crippen LogP contribution in [-0.2, 0) is 13.2 Å². The van der Waals surface area contributed by atoms with Crippen LogP contribution in [-0.4, -0.2) is 15.7 Å². The summed E-state index contributed by atoms with van der Waals surface area (Å²) < 4.78 is 26.2. The topological polar surface area (TPSA) is 69.3 Å². The average molecular weight is 405 g/mol. The van der Waals surface area contributed by atoms with Crippen LogP contribution < -0.4 is 10.1 Å². The quantitative estimate of drug-likeness (QED) is 0.479. The number of carbonyl (C=O) groups is 1. The van der Waals surface area contributed by atoms with Gasteiger partial charge in [-0.2, -0.15) is 5.10 Å². The van der Waals surface area contributed by atoms with Crippen LogP contribution in [0, 0.1) is 12.7 Å². The van der Waals surface area contributed by atoms with E-state index in [1.807, 2.05) is 37.3 Å². The minimum atomic E-state index is -0.409. The summed E-state index contributed by atoms with van der Waals surface area (Å²) in [4.78, 5) is 12.4. The predicted molar refractivity (Wildman–Crippen MR) is 110 cm³/mol. The molecular weight excluding hydrogens is 385 g/mol. The van der Waals surface area contributed by atoms with Gasteiger partial charge in [-0.05, 0) is 54.4 Å². The number of anilines is 1. The summed E-state index contributed by atoms with van der Waals surface area (Å²) >= 11 is 0. The Balaban J connectivity index is 1.34. The van der Waals surface area contributed by atoms with Gasteiger partial charge in [0.15, 0.2) is 11.6 Å². The third-order valence-electron chi connectivity index (χ3n) is 4.37. The zero-order chi connectivity index (χ0) is 20.9. The van der Waals surface area contributed by atoms with Gasteiger partial charge in [-0.25, -0.2) is 4.39 Å². The Labute approximate surface area is 172 Å². The molecule has 0 aliphatic heterocycles. The van der Waals surface area contributed by atoms with E-state index in [9.17, 15) is 9.18 Å². The summed E-state index contributed by atoms with van der Waals surface area (Å²) in [7, 11) is 0. The number of nitrogens with zero attached hydrogens (tertiary/aromatic N) is 2. The number of hydrogen-bond donors (Lipinski definition) is 1. The molecule has 2 heterocycles. The van der Waals surface area contributed by atoms with Crippen molar-refractivity contribution in [3.63, 3.8) is 0 Å². The van der Waals surface area contributed by atoms with Crippen molar-refractivity contribution in [3.05, 3.63) is 101 Å². The average Bonchev–Trinajstić information content (AvgIpc) is 3.36. The number of furan rings is 1. The van der Waals surface area contributed by atoms with Crippen molar-refractivity contribution < 1.29 is 18.3 Å². The zero-order valence-corrected chi connectivity index (χ0v) is 16.3. The Morgan fingerprint density at radius 3 is 2.83 bits per heavy atom. The van der Waals surface area contributed by atoms with Gasteiger partial charge in [0, 0.05) is 12.3 Å². The number of hydrogen-bond acceptors (Lipinski definition) is 4. The van der Waals surface area contributed by atoms with Crippen LogP contribution in [0.25, 0.3) is 0 Å². The summed E-state index contributed by atoms with van der Waals surface area (Å²) in [5, 5.41) is 6.98. The molecule has 0 spiro atoms. The number of amides is 1. The SMILES string of the molecule is Cc1cccc(OCc2ccc(C(=O)Nc3ccn(Cc4cccc(F)c4)n3)o2)c1. The van der Waals surface area contributed by atoms with Gasteiger partial charge in [0.1, 0.15) is 23.9 Å². The monoisotopic (exact) mass is 405 g/mol. The van der Waals surface area contributed by atoms with Gasteiger partial charge in [0.25, 0.3) is 5.91 Å². The number of rotatable bonds is 7. The highest BCUT2D eigenvalue weighted by molar-refractivity contribution is 6.01. The lowest BCUT2D eigenvalue weighted by Gasteiger charge is -2.05. The summed E-state index contributed by atoms with van der Waals surface area (Å²) in [6, 6.07) is 19.0. The third kappa shape index (κ3) is 4.94. The van der Waals surface area contributed by atoms with Crippen molar-refractivity contribution in [1.29, 1.82) is 0 Å². The van der Waals surface area contributed by atoms with Gasteiger partial charge < -0.3 is 14.5 Å². The molecule has 7 heteroatoms. The Morgan fingerprint density at radius 2 is 2.00 bits per heavy atom. The maximum atomic E-state index is 13.3. The van der Waals surface area contributed by atoms with E-state index < -0.39 is 5.91 Å². The maximum Gasteiger partial charge on any atom is 0.292 e. The molecule has 0 aliphatic rings. The highest BCUT2D eigenvalue weighted by Crippen LogP contribution is 2.17. The Morgan fingerprint density at radius 1 is 1.13 bits per heavy atom. The second-order valence-electron chi connectivity index (χ2n) is 6.85. The highest BCUT2D eigenvalue weighted by Gasteiger charge is 2.13. The van der Waals surface area contributed by atoms with E-state index in [0.717, 1.165) is 16.9 Å². The molecule has 0 radical (unpaired) electrons. The molecule has 0 bridgehead atoms. The lowest BCUT2D eigenvalue weighted by atomic mass is 10.2. The molecule has 4 aromatic rings. The number of benzene rings is 2. The van der Waals surface area contributed by atoms with E-state index >= 15 is 0 Å². The molecule has 6 nitrogen and oxygen atoms in total. The molecule has 4 rings (SSSR count). The lowest BCUT2D eigenvalue weighted by Crippen LogP contribution is -2.12. The maximum absolute atomic E-state index is 13.3. The molecular formula is C23H20FN3O3. The van der Waals surface area contributed by atoms with Crippen LogP contribution >= 0.6 is 0 Å². The fourth-order valence-corrected chi connectivity index (χ4v) is 2.95. The first kappa shape index (κ1) is 19.4. The number of carbonyl (C=O) groups excluding carboxylic acids is 1. The lowest BCUT2D eigenvalue weighted by molar-refractivity contribution is 0.0992. The zero-order valence-electron chi connectivity index (χ0n) is 16.3. The second-order valence-corrected chi connectivity index (χ2v) is 6.85. The standard InChI is InChI=1S/C23H20FN3O3/c1-16-4-2-7-19(12-16)29-15-20-8-9-21(30-20)23(28)25-22-10-11-27(26-22)14-17-5-3-6-18(24)13-17/h2-13H,14-15H2,1H3,(H,25,26,28). The van der Waals surface area contributed by atoms with Crippen molar-refractivity contribution in [1.82, 2.24) is 9.78 Å². The molecule has 0 atom stereocenters. The predicted octanol–water partition coefficient (Wildman–Crippen LogP) is 4.80. The smallest absolute Gasteiger partial charge is 0.292 e. The van der Waals surface area contributed by atoms with Crippen LogP contribution in [0.4, 0.5) is 10.2 Å². The molecule has 2 aromatic carbocycles. The first-order chi connectivity index (χ1) is 14.5. The number of aromatic nitrogens is 2. The summed E-state index contributed by atoms with van der Waals surface area (Å²) in [5.74, 6) is 1.11. The van der Waals surface area contributed by atoms with Crippen molar-refractivity contribution in [2.75, 3.05) is 5.32 Å². The molecule has 0 fully saturated rings. The van der Waals surface area contributed by atoms with Gasteiger partial charge in [-0.1, -0.05) is 24.3 Å². The minimum Gasteiger partial charge on any atom is -0.486 e. The first-order valence-corrected chi connectivity index (χ1v) is 9.42. The van der Waals surface area contributed by atoms with Gasteiger partial charge >= 0.3 is 0 Å². The van der Waals surface area contributed by atoms with E-state index in [1.54, 1.807) is 35.1 Å². The van der Waals surface area contributed by atoms with Crippen LogP contribution in [0.1, 0.15) is 27.4 Å². The molecule has 1 N–H and O–H groups in total. The van der Waals surface area contributed by atoms with Crippen LogP contribution in [0.15, 0.2) is 77.3 Å². The number of ether oxygens (including phenoxy) is 1. The number of nitrogens with one attached hydrogen (secondary N) is 1. The van der Waals surface area contributed by atoms with Crippen molar-refractivity contribution in [2.45, 2.75) is 20.1 Å². The minimum absolute atomic E-state index is 0.164. The van der Waals surface area contributed by atoms with Crippen molar-refractivity contribution in [2.24, 2.45) is 0 Å². The van der Waals surface area contributed by atoms with E-state index in [-0.39, 0.29) is 18.2 Å². The van der Waals surface area contributed by atoms with E-state index in [2.05, 4.69) is 10.4 Å². The van der Waals surface area contributed by atoms with Gasteiger partial charge in [-0.3, -0.25) is 9.48 Å². The largest absolute Gasteiger partial charge is 0.486 e. The fraction of sp³-hybridized carbons (Fsp3) is 0.130. The van der Waals surface area contributed by atoms with Crippen LogP contribution in [0.3, 0.4) is 0 Å². The second kappa shape index (κ2) is 8.65. The first-order valence-electron chi connectivity index (χ1n) is 9.42.